The topological polar surface area (TPSA) is 75.2 Å². The number of nitrogens with one attached hydrogen (secondary N) is 1. The number of carbonyl (C=O) groups excluding carboxylic acids is 2. The van der Waals surface area contributed by atoms with Crippen LogP contribution < -0.4 is 5.32 Å². The van der Waals surface area contributed by atoms with Crippen molar-refractivity contribution in [2.45, 2.75) is 13.1 Å². The van der Waals surface area contributed by atoms with Gasteiger partial charge in [0.1, 0.15) is 0 Å². The van der Waals surface area contributed by atoms with Crippen LogP contribution in [0.2, 0.25) is 0 Å². The van der Waals surface area contributed by atoms with Crippen LogP contribution in [0, 0.1) is 0 Å². The average molecular weight is 360 g/mol. The summed E-state index contributed by atoms with van der Waals surface area (Å²) >= 11 is 0. The molecule has 0 spiro atoms. The van der Waals surface area contributed by atoms with Crippen molar-refractivity contribution in [2.24, 2.45) is 0 Å². The van der Waals surface area contributed by atoms with Gasteiger partial charge in [-0.2, -0.15) is 0 Å². The van der Waals surface area contributed by atoms with Gasteiger partial charge in [0.25, 0.3) is 11.8 Å². The van der Waals surface area contributed by atoms with Crippen LogP contribution in [0.5, 0.6) is 0 Å². The number of carbonyl (C=O) groups is 2. The van der Waals surface area contributed by atoms with Crippen LogP contribution in [0.4, 0.5) is 0 Å². The highest BCUT2D eigenvalue weighted by atomic mass is 16.2. The summed E-state index contributed by atoms with van der Waals surface area (Å²) in [6.07, 6.45) is 6.27. The Bertz CT molecular complexity index is 914. The Morgan fingerprint density at radius 1 is 0.926 bits per heavy atom. The summed E-state index contributed by atoms with van der Waals surface area (Å²) in [5.41, 5.74) is 2.71. The molecule has 1 N–H and O–H groups in total. The third-order valence-electron chi connectivity index (χ3n) is 4.06. The average Bonchev–Trinajstić information content (AvgIpc) is 2.73. The molecule has 0 aliphatic carbocycles. The molecular weight excluding hydrogens is 340 g/mol. The largest absolute Gasteiger partial charge is 0.348 e. The van der Waals surface area contributed by atoms with E-state index in [1.54, 1.807) is 30.4 Å². The standard InChI is InChI=1S/C21H20N4O2/c1-25(15-17-5-3-2-4-6-17)21(27)19-11-18(13-23-14-19)20(26)24-12-16-7-9-22-10-8-16/h2-11,13-14H,12,15H2,1H3,(H,24,26). The van der Waals surface area contributed by atoms with E-state index in [9.17, 15) is 9.59 Å². The molecule has 1 aromatic carbocycles. The lowest BCUT2D eigenvalue weighted by molar-refractivity contribution is 0.0784. The van der Waals surface area contributed by atoms with Crippen molar-refractivity contribution in [3.05, 3.63) is 95.6 Å². The Kier molecular flexibility index (Phi) is 5.89. The van der Waals surface area contributed by atoms with E-state index in [0.717, 1.165) is 11.1 Å². The summed E-state index contributed by atoms with van der Waals surface area (Å²) in [6, 6.07) is 15.0. The maximum absolute atomic E-state index is 12.7. The van der Waals surface area contributed by atoms with Crippen molar-refractivity contribution in [3.63, 3.8) is 0 Å². The molecule has 0 bridgehead atoms. The van der Waals surface area contributed by atoms with Gasteiger partial charge in [-0.05, 0) is 29.3 Å². The Labute approximate surface area is 157 Å². The molecule has 27 heavy (non-hydrogen) atoms. The van der Waals surface area contributed by atoms with Crippen molar-refractivity contribution in [1.82, 2.24) is 20.2 Å². The lowest BCUT2D eigenvalue weighted by Crippen LogP contribution is -2.27. The van der Waals surface area contributed by atoms with E-state index in [1.165, 1.54) is 12.4 Å². The molecule has 3 aromatic rings. The van der Waals surface area contributed by atoms with Crippen molar-refractivity contribution in [1.29, 1.82) is 0 Å². The SMILES string of the molecule is CN(Cc1ccccc1)C(=O)c1cncc(C(=O)NCc2ccncc2)c1. The smallest absolute Gasteiger partial charge is 0.255 e. The zero-order valence-electron chi connectivity index (χ0n) is 15.0. The van der Waals surface area contributed by atoms with E-state index >= 15 is 0 Å². The first kappa shape index (κ1) is 18.3. The number of benzene rings is 1. The highest BCUT2D eigenvalue weighted by molar-refractivity contribution is 5.99. The number of nitrogens with zero attached hydrogens (tertiary/aromatic N) is 3. The summed E-state index contributed by atoms with van der Waals surface area (Å²) < 4.78 is 0. The molecule has 0 saturated carbocycles. The fraction of sp³-hybridized carbons (Fsp3) is 0.143. The molecule has 3 rings (SSSR count). The number of rotatable bonds is 6. The maximum atomic E-state index is 12.7. The van der Waals surface area contributed by atoms with Gasteiger partial charge >= 0.3 is 0 Å². The molecule has 0 fully saturated rings. The van der Waals surface area contributed by atoms with Gasteiger partial charge < -0.3 is 10.2 Å². The molecular formula is C21H20N4O2. The summed E-state index contributed by atoms with van der Waals surface area (Å²) in [6.45, 7) is 0.867. The number of amides is 2. The molecule has 0 aliphatic rings. The van der Waals surface area contributed by atoms with Crippen LogP contribution in [0.1, 0.15) is 31.8 Å². The molecule has 0 saturated heterocycles. The first-order valence-corrected chi connectivity index (χ1v) is 8.55. The zero-order valence-corrected chi connectivity index (χ0v) is 15.0. The van der Waals surface area contributed by atoms with Crippen LogP contribution in [-0.4, -0.2) is 33.7 Å². The van der Waals surface area contributed by atoms with E-state index < -0.39 is 0 Å². The zero-order chi connectivity index (χ0) is 19.1. The summed E-state index contributed by atoms with van der Waals surface area (Å²) in [4.78, 5) is 34.6. The van der Waals surface area contributed by atoms with E-state index in [1.807, 2.05) is 42.5 Å². The Hall–Kier alpha value is -3.54. The van der Waals surface area contributed by atoms with Gasteiger partial charge in [0, 0.05) is 44.9 Å². The quantitative estimate of drug-likeness (QED) is 0.733. The molecule has 0 aliphatic heterocycles. The van der Waals surface area contributed by atoms with Gasteiger partial charge in [-0.25, -0.2) is 0 Å². The number of hydrogen-bond donors (Lipinski definition) is 1. The Balaban J connectivity index is 1.65. The normalized spacial score (nSPS) is 10.3. The van der Waals surface area contributed by atoms with Crippen LogP contribution >= 0.6 is 0 Å². The number of hydrogen-bond acceptors (Lipinski definition) is 4. The molecule has 6 nitrogen and oxygen atoms in total. The minimum atomic E-state index is -0.278. The van der Waals surface area contributed by atoms with E-state index in [4.69, 9.17) is 0 Å². The van der Waals surface area contributed by atoms with Crippen molar-refractivity contribution >= 4 is 11.8 Å². The minimum Gasteiger partial charge on any atom is -0.348 e. The van der Waals surface area contributed by atoms with Crippen molar-refractivity contribution in [2.75, 3.05) is 7.05 Å². The monoisotopic (exact) mass is 360 g/mol. The highest BCUT2D eigenvalue weighted by Gasteiger charge is 2.15. The molecule has 0 radical (unpaired) electrons. The maximum Gasteiger partial charge on any atom is 0.255 e. The minimum absolute atomic E-state index is 0.185. The number of aromatic nitrogens is 2. The van der Waals surface area contributed by atoms with Gasteiger partial charge in [-0.15, -0.1) is 0 Å². The fourth-order valence-corrected chi connectivity index (χ4v) is 2.62. The predicted molar refractivity (Wildman–Crippen MR) is 102 cm³/mol. The predicted octanol–water partition coefficient (Wildman–Crippen LogP) is 2.68. The van der Waals surface area contributed by atoms with Crippen LogP contribution in [0.25, 0.3) is 0 Å². The lowest BCUT2D eigenvalue weighted by atomic mass is 10.1. The Morgan fingerprint density at radius 3 is 2.37 bits per heavy atom. The van der Waals surface area contributed by atoms with Gasteiger partial charge in [0.15, 0.2) is 0 Å². The van der Waals surface area contributed by atoms with Crippen LogP contribution in [-0.2, 0) is 13.1 Å². The van der Waals surface area contributed by atoms with E-state index in [0.29, 0.717) is 24.2 Å². The van der Waals surface area contributed by atoms with Crippen molar-refractivity contribution in [3.8, 4) is 0 Å². The summed E-state index contributed by atoms with van der Waals surface area (Å²) in [5.74, 6) is -0.463. The van der Waals surface area contributed by atoms with Gasteiger partial charge in [-0.1, -0.05) is 30.3 Å². The van der Waals surface area contributed by atoms with Crippen molar-refractivity contribution < 1.29 is 9.59 Å². The molecule has 6 heteroatoms. The van der Waals surface area contributed by atoms with E-state index in [-0.39, 0.29) is 11.8 Å². The second-order valence-corrected chi connectivity index (χ2v) is 6.15. The summed E-state index contributed by atoms with van der Waals surface area (Å²) in [7, 11) is 1.73. The second kappa shape index (κ2) is 8.71. The van der Waals surface area contributed by atoms with Gasteiger partial charge in [0.05, 0.1) is 11.1 Å². The molecule has 136 valence electrons. The first-order valence-electron chi connectivity index (χ1n) is 8.55. The fourth-order valence-electron chi connectivity index (χ4n) is 2.62. The third-order valence-corrected chi connectivity index (χ3v) is 4.06. The van der Waals surface area contributed by atoms with Crippen LogP contribution in [0.3, 0.4) is 0 Å². The van der Waals surface area contributed by atoms with Gasteiger partial charge in [0.2, 0.25) is 0 Å². The lowest BCUT2D eigenvalue weighted by Gasteiger charge is -2.17. The van der Waals surface area contributed by atoms with E-state index in [2.05, 4.69) is 15.3 Å². The first-order chi connectivity index (χ1) is 13.1. The number of pyridine rings is 2. The summed E-state index contributed by atoms with van der Waals surface area (Å²) in [5, 5.41) is 2.82. The molecule has 2 amide bonds. The molecule has 2 heterocycles. The van der Waals surface area contributed by atoms with Gasteiger partial charge in [-0.3, -0.25) is 19.6 Å². The van der Waals surface area contributed by atoms with Crippen LogP contribution in [0.15, 0.2) is 73.3 Å². The molecule has 0 unspecified atom stereocenters. The third kappa shape index (κ3) is 4.98. The molecule has 0 atom stereocenters. The Morgan fingerprint density at radius 2 is 1.63 bits per heavy atom. The highest BCUT2D eigenvalue weighted by Crippen LogP contribution is 2.10. The second-order valence-electron chi connectivity index (χ2n) is 6.15. The molecule has 2 aromatic heterocycles.